The number of hydrogen-bond acceptors (Lipinski definition) is 2. The lowest BCUT2D eigenvalue weighted by molar-refractivity contribution is -0.151. The van der Waals surface area contributed by atoms with E-state index in [-0.39, 0.29) is 0 Å². The SMILES string of the molecule is CC(C)=CCC/C(C)=C/CC/C(C)=C/C(C(=O)O)C(=O)O. The van der Waals surface area contributed by atoms with E-state index in [9.17, 15) is 9.59 Å². The number of carbonyl (C=O) groups is 2. The number of carboxylic acid groups (broad SMARTS) is 2. The van der Waals surface area contributed by atoms with Gasteiger partial charge in [0.05, 0.1) is 0 Å². The molecule has 0 aliphatic heterocycles. The molecule has 0 aromatic rings. The van der Waals surface area contributed by atoms with Gasteiger partial charge in [0.1, 0.15) is 0 Å². The summed E-state index contributed by atoms with van der Waals surface area (Å²) < 4.78 is 0. The van der Waals surface area contributed by atoms with E-state index < -0.39 is 17.9 Å². The van der Waals surface area contributed by atoms with Crippen LogP contribution in [-0.4, -0.2) is 22.2 Å². The summed E-state index contributed by atoms with van der Waals surface area (Å²) in [7, 11) is 0. The fraction of sp³-hybridized carbons (Fsp3) is 0.529. The third kappa shape index (κ3) is 9.66. The number of rotatable bonds is 9. The summed E-state index contributed by atoms with van der Waals surface area (Å²) in [6, 6.07) is 0. The average molecular weight is 294 g/mol. The van der Waals surface area contributed by atoms with E-state index in [1.807, 2.05) is 0 Å². The van der Waals surface area contributed by atoms with Crippen LogP contribution < -0.4 is 0 Å². The first kappa shape index (κ1) is 19.2. The van der Waals surface area contributed by atoms with Gasteiger partial charge in [-0.25, -0.2) is 0 Å². The molecule has 21 heavy (non-hydrogen) atoms. The average Bonchev–Trinajstić information content (AvgIpc) is 2.34. The first-order valence-corrected chi connectivity index (χ1v) is 7.16. The second kappa shape index (κ2) is 9.97. The van der Waals surface area contributed by atoms with Gasteiger partial charge >= 0.3 is 11.9 Å². The van der Waals surface area contributed by atoms with Crippen molar-refractivity contribution >= 4 is 11.9 Å². The smallest absolute Gasteiger partial charge is 0.321 e. The van der Waals surface area contributed by atoms with Gasteiger partial charge in [-0.1, -0.05) is 34.9 Å². The lowest BCUT2D eigenvalue weighted by Crippen LogP contribution is -2.21. The van der Waals surface area contributed by atoms with Crippen molar-refractivity contribution in [2.45, 2.75) is 53.4 Å². The van der Waals surface area contributed by atoms with Crippen molar-refractivity contribution in [2.24, 2.45) is 5.92 Å². The van der Waals surface area contributed by atoms with Gasteiger partial charge in [-0.05, 0) is 53.4 Å². The van der Waals surface area contributed by atoms with Crippen LogP contribution in [0.15, 0.2) is 34.9 Å². The molecule has 0 aliphatic rings. The molecule has 0 aromatic carbocycles. The van der Waals surface area contributed by atoms with Crippen molar-refractivity contribution in [2.75, 3.05) is 0 Å². The molecule has 0 fully saturated rings. The van der Waals surface area contributed by atoms with E-state index in [0.29, 0.717) is 6.42 Å². The van der Waals surface area contributed by atoms with Crippen molar-refractivity contribution in [3.8, 4) is 0 Å². The minimum absolute atomic E-state index is 0.678. The summed E-state index contributed by atoms with van der Waals surface area (Å²) in [4.78, 5) is 21.6. The van der Waals surface area contributed by atoms with Gasteiger partial charge < -0.3 is 10.2 Å². The molecular weight excluding hydrogens is 268 g/mol. The van der Waals surface area contributed by atoms with E-state index in [1.165, 1.54) is 17.2 Å². The molecule has 0 aromatic heterocycles. The Bertz CT molecular complexity index is 437. The number of allylic oxidation sites excluding steroid dienone is 5. The largest absolute Gasteiger partial charge is 0.480 e. The van der Waals surface area contributed by atoms with Gasteiger partial charge in [-0.2, -0.15) is 0 Å². The number of hydrogen-bond donors (Lipinski definition) is 2. The molecule has 0 radical (unpaired) electrons. The van der Waals surface area contributed by atoms with Crippen LogP contribution in [0, 0.1) is 5.92 Å². The van der Waals surface area contributed by atoms with Gasteiger partial charge in [-0.3, -0.25) is 9.59 Å². The van der Waals surface area contributed by atoms with Crippen LogP contribution in [-0.2, 0) is 9.59 Å². The Kier molecular flexibility index (Phi) is 9.10. The Hall–Kier alpha value is -1.84. The Balaban J connectivity index is 4.35. The minimum atomic E-state index is -1.45. The second-order valence-electron chi connectivity index (χ2n) is 5.58. The van der Waals surface area contributed by atoms with Crippen molar-refractivity contribution < 1.29 is 19.8 Å². The van der Waals surface area contributed by atoms with Gasteiger partial charge in [-0.15, -0.1) is 0 Å². The normalized spacial score (nSPS) is 12.4. The van der Waals surface area contributed by atoms with E-state index in [2.05, 4.69) is 32.9 Å². The lowest BCUT2D eigenvalue weighted by Gasteiger charge is -2.05. The summed E-state index contributed by atoms with van der Waals surface area (Å²) in [6.45, 7) is 8.00. The Morgan fingerprint density at radius 3 is 1.81 bits per heavy atom. The summed E-state index contributed by atoms with van der Waals surface area (Å²) in [5.74, 6) is -4.10. The molecule has 4 heteroatoms. The molecular formula is C17H26O4. The van der Waals surface area contributed by atoms with Gasteiger partial charge in [0, 0.05) is 0 Å². The highest BCUT2D eigenvalue weighted by atomic mass is 16.4. The van der Waals surface area contributed by atoms with Crippen LogP contribution in [0.2, 0.25) is 0 Å². The Labute approximate surface area is 126 Å². The van der Waals surface area contributed by atoms with Crippen LogP contribution >= 0.6 is 0 Å². The first-order valence-electron chi connectivity index (χ1n) is 7.16. The topological polar surface area (TPSA) is 74.6 Å². The van der Waals surface area contributed by atoms with Crippen LogP contribution in [0.3, 0.4) is 0 Å². The van der Waals surface area contributed by atoms with Crippen LogP contribution in [0.4, 0.5) is 0 Å². The standard InChI is InChI=1S/C17H26O4/c1-12(2)7-5-8-13(3)9-6-10-14(4)11-15(16(18)19)17(20)21/h7,9,11,15H,5-6,8,10H2,1-4H3,(H,18,19)(H,20,21)/b13-9+,14-11+. The zero-order valence-electron chi connectivity index (χ0n) is 13.3. The summed E-state index contributed by atoms with van der Waals surface area (Å²) >= 11 is 0. The van der Waals surface area contributed by atoms with Crippen LogP contribution in [0.1, 0.15) is 53.4 Å². The molecule has 0 atom stereocenters. The Morgan fingerprint density at radius 1 is 0.857 bits per heavy atom. The predicted octanol–water partition coefficient (Wildman–Crippen LogP) is 4.19. The molecule has 0 spiro atoms. The fourth-order valence-corrected chi connectivity index (χ4v) is 1.85. The van der Waals surface area contributed by atoms with E-state index in [1.54, 1.807) is 6.92 Å². The van der Waals surface area contributed by atoms with Crippen molar-refractivity contribution in [1.82, 2.24) is 0 Å². The third-order valence-corrected chi connectivity index (χ3v) is 3.11. The molecule has 0 heterocycles. The van der Waals surface area contributed by atoms with Crippen molar-refractivity contribution in [3.05, 3.63) is 34.9 Å². The van der Waals surface area contributed by atoms with Gasteiger partial charge in [0.2, 0.25) is 0 Å². The summed E-state index contributed by atoms with van der Waals surface area (Å²) in [6.07, 6.45) is 9.17. The van der Waals surface area contributed by atoms with E-state index >= 15 is 0 Å². The Morgan fingerprint density at radius 2 is 1.33 bits per heavy atom. The molecule has 118 valence electrons. The van der Waals surface area contributed by atoms with Crippen LogP contribution in [0.25, 0.3) is 0 Å². The maximum absolute atomic E-state index is 10.8. The molecule has 0 saturated heterocycles. The van der Waals surface area contributed by atoms with E-state index in [4.69, 9.17) is 10.2 Å². The summed E-state index contributed by atoms with van der Waals surface area (Å²) in [5.41, 5.74) is 3.40. The third-order valence-electron chi connectivity index (χ3n) is 3.11. The maximum atomic E-state index is 10.8. The van der Waals surface area contributed by atoms with Gasteiger partial charge in [0.15, 0.2) is 5.92 Å². The molecule has 0 bridgehead atoms. The molecule has 0 saturated carbocycles. The molecule has 0 aliphatic carbocycles. The number of aliphatic carboxylic acids is 2. The molecule has 2 N–H and O–H groups in total. The van der Waals surface area contributed by atoms with E-state index in [0.717, 1.165) is 24.8 Å². The number of carboxylic acids is 2. The minimum Gasteiger partial charge on any atom is -0.480 e. The fourth-order valence-electron chi connectivity index (χ4n) is 1.85. The van der Waals surface area contributed by atoms with Crippen molar-refractivity contribution in [1.29, 1.82) is 0 Å². The van der Waals surface area contributed by atoms with Gasteiger partial charge in [0.25, 0.3) is 0 Å². The zero-order valence-corrected chi connectivity index (χ0v) is 13.3. The highest BCUT2D eigenvalue weighted by molar-refractivity contribution is 5.95. The molecule has 4 nitrogen and oxygen atoms in total. The monoisotopic (exact) mass is 294 g/mol. The second-order valence-corrected chi connectivity index (χ2v) is 5.58. The quantitative estimate of drug-likeness (QED) is 0.494. The zero-order chi connectivity index (χ0) is 16.4. The highest BCUT2D eigenvalue weighted by Crippen LogP contribution is 2.13. The lowest BCUT2D eigenvalue weighted by atomic mass is 10.0. The maximum Gasteiger partial charge on any atom is 0.321 e. The summed E-state index contributed by atoms with van der Waals surface area (Å²) in [5, 5.41) is 17.6. The van der Waals surface area contributed by atoms with Crippen molar-refractivity contribution in [3.63, 3.8) is 0 Å². The first-order chi connectivity index (χ1) is 9.73. The molecule has 0 rings (SSSR count). The molecule has 0 unspecified atom stereocenters. The highest BCUT2D eigenvalue weighted by Gasteiger charge is 2.22. The van der Waals surface area contributed by atoms with Crippen LogP contribution in [0.5, 0.6) is 0 Å². The predicted molar refractivity (Wildman–Crippen MR) is 84.2 cm³/mol. The molecule has 0 amide bonds.